The molecule has 1 atom stereocenters. The second kappa shape index (κ2) is 13.1. The van der Waals surface area contributed by atoms with Crippen molar-refractivity contribution < 1.29 is 19.8 Å². The Labute approximate surface area is 145 Å². The van der Waals surface area contributed by atoms with Gasteiger partial charge in [-0.2, -0.15) is 0 Å². The second-order valence-electron chi connectivity index (χ2n) is 6.24. The first-order valence-electron chi connectivity index (χ1n) is 8.57. The van der Waals surface area contributed by atoms with Gasteiger partial charge in [0.25, 0.3) is 0 Å². The normalized spacial score (nSPS) is 13.0. The maximum Gasteiger partial charge on any atom is 0.320 e. The first-order chi connectivity index (χ1) is 11.3. The van der Waals surface area contributed by atoms with Crippen LogP contribution in [0.15, 0.2) is 0 Å². The molecule has 0 saturated heterocycles. The van der Waals surface area contributed by atoms with Gasteiger partial charge in [-0.05, 0) is 40.0 Å². The Hall–Kier alpha value is -1.22. The summed E-state index contributed by atoms with van der Waals surface area (Å²) in [6, 6.07) is -0.556. The number of hydrogen-bond donors (Lipinski definition) is 3. The van der Waals surface area contributed by atoms with E-state index in [0.717, 1.165) is 19.4 Å². The van der Waals surface area contributed by atoms with Crippen molar-refractivity contribution in [2.45, 2.75) is 32.2 Å². The number of rotatable bonds is 15. The van der Waals surface area contributed by atoms with E-state index in [2.05, 4.69) is 0 Å². The highest BCUT2D eigenvalue weighted by molar-refractivity contribution is 5.73. The molecule has 0 aromatic rings. The largest absolute Gasteiger partial charge is 0.480 e. The van der Waals surface area contributed by atoms with Crippen molar-refractivity contribution in [3.63, 3.8) is 0 Å². The standard InChI is InChI=1S/C16H34N4O4/c1-4-19(13-15(21)22)10-12-20(11-9-18(2)3)14(16(23)24)7-5-6-8-17/h14H,4-13,17H2,1-3H3,(H,21,22)(H,23,24). The van der Waals surface area contributed by atoms with Gasteiger partial charge < -0.3 is 20.8 Å². The topological polar surface area (TPSA) is 110 Å². The Morgan fingerprint density at radius 1 is 1.04 bits per heavy atom. The van der Waals surface area contributed by atoms with Gasteiger partial charge >= 0.3 is 11.9 Å². The number of carboxylic acid groups (broad SMARTS) is 2. The highest BCUT2D eigenvalue weighted by Crippen LogP contribution is 2.10. The summed E-state index contributed by atoms with van der Waals surface area (Å²) in [4.78, 5) is 28.3. The van der Waals surface area contributed by atoms with Gasteiger partial charge in [0.1, 0.15) is 6.04 Å². The highest BCUT2D eigenvalue weighted by Gasteiger charge is 2.25. The highest BCUT2D eigenvalue weighted by atomic mass is 16.4. The Kier molecular flexibility index (Phi) is 12.4. The molecule has 0 radical (unpaired) electrons. The van der Waals surface area contributed by atoms with E-state index in [1.807, 2.05) is 35.7 Å². The van der Waals surface area contributed by atoms with E-state index in [9.17, 15) is 14.7 Å². The van der Waals surface area contributed by atoms with Crippen LogP contribution in [0.2, 0.25) is 0 Å². The number of nitrogens with two attached hydrogens (primary N) is 1. The Morgan fingerprint density at radius 3 is 2.12 bits per heavy atom. The molecule has 4 N–H and O–H groups in total. The predicted octanol–water partition coefficient (Wildman–Crippen LogP) is -0.161. The van der Waals surface area contributed by atoms with Crippen LogP contribution in [0, 0.1) is 0 Å². The van der Waals surface area contributed by atoms with Crippen molar-refractivity contribution in [3.05, 3.63) is 0 Å². The molecule has 0 rings (SSSR count). The fourth-order valence-corrected chi connectivity index (χ4v) is 2.51. The molecule has 0 heterocycles. The minimum absolute atomic E-state index is 0.0249. The molecule has 142 valence electrons. The number of carboxylic acids is 2. The molecular formula is C16H34N4O4. The van der Waals surface area contributed by atoms with Crippen molar-refractivity contribution in [3.8, 4) is 0 Å². The van der Waals surface area contributed by atoms with Gasteiger partial charge in [0.2, 0.25) is 0 Å². The molecule has 0 aliphatic heterocycles. The molecule has 0 aromatic heterocycles. The lowest BCUT2D eigenvalue weighted by atomic mass is 10.1. The molecule has 0 fully saturated rings. The van der Waals surface area contributed by atoms with Crippen LogP contribution in [0.4, 0.5) is 0 Å². The van der Waals surface area contributed by atoms with Crippen LogP contribution in [-0.2, 0) is 9.59 Å². The summed E-state index contributed by atoms with van der Waals surface area (Å²) >= 11 is 0. The monoisotopic (exact) mass is 346 g/mol. The Morgan fingerprint density at radius 2 is 1.67 bits per heavy atom. The van der Waals surface area contributed by atoms with E-state index in [4.69, 9.17) is 10.8 Å². The molecular weight excluding hydrogens is 312 g/mol. The van der Waals surface area contributed by atoms with E-state index in [-0.39, 0.29) is 6.54 Å². The van der Waals surface area contributed by atoms with Crippen LogP contribution in [-0.4, -0.2) is 103 Å². The van der Waals surface area contributed by atoms with Gasteiger partial charge in [-0.25, -0.2) is 0 Å². The van der Waals surface area contributed by atoms with E-state index in [1.165, 1.54) is 0 Å². The zero-order chi connectivity index (χ0) is 18.5. The average molecular weight is 346 g/mol. The number of aliphatic carboxylic acids is 2. The van der Waals surface area contributed by atoms with E-state index >= 15 is 0 Å². The molecule has 8 nitrogen and oxygen atoms in total. The lowest BCUT2D eigenvalue weighted by Gasteiger charge is -2.32. The van der Waals surface area contributed by atoms with E-state index < -0.39 is 18.0 Å². The number of nitrogens with zero attached hydrogens (tertiary/aromatic N) is 3. The lowest BCUT2D eigenvalue weighted by Crippen LogP contribution is -2.48. The molecule has 1 unspecified atom stereocenters. The first-order valence-corrected chi connectivity index (χ1v) is 8.57. The summed E-state index contributed by atoms with van der Waals surface area (Å²) in [7, 11) is 3.90. The molecule has 0 bridgehead atoms. The molecule has 24 heavy (non-hydrogen) atoms. The molecule has 0 aliphatic carbocycles. The SMILES string of the molecule is CCN(CCN(CCN(C)C)C(CCCCN)C(=O)O)CC(=O)O. The van der Waals surface area contributed by atoms with E-state index in [1.54, 1.807) is 0 Å². The first kappa shape index (κ1) is 22.8. The Balaban J connectivity index is 4.82. The summed E-state index contributed by atoms with van der Waals surface area (Å²) in [5.74, 6) is -1.69. The van der Waals surface area contributed by atoms with Crippen LogP contribution in [0.5, 0.6) is 0 Å². The van der Waals surface area contributed by atoms with Gasteiger partial charge in [-0.1, -0.05) is 13.3 Å². The third-order valence-corrected chi connectivity index (χ3v) is 4.00. The second-order valence-corrected chi connectivity index (χ2v) is 6.24. The van der Waals surface area contributed by atoms with Gasteiger partial charge in [-0.3, -0.25) is 19.4 Å². The van der Waals surface area contributed by atoms with Crippen molar-refractivity contribution in [1.29, 1.82) is 0 Å². The van der Waals surface area contributed by atoms with Crippen molar-refractivity contribution in [2.24, 2.45) is 5.73 Å². The fraction of sp³-hybridized carbons (Fsp3) is 0.875. The fourth-order valence-electron chi connectivity index (χ4n) is 2.51. The summed E-state index contributed by atoms with van der Waals surface area (Å²) in [5, 5.41) is 18.5. The summed E-state index contributed by atoms with van der Waals surface area (Å²) in [6.45, 7) is 5.53. The Bertz CT molecular complexity index is 366. The predicted molar refractivity (Wildman–Crippen MR) is 94.2 cm³/mol. The number of likely N-dealkylation sites (N-methyl/N-ethyl adjacent to an activating group) is 2. The van der Waals surface area contributed by atoms with Crippen LogP contribution in [0.1, 0.15) is 26.2 Å². The quantitative estimate of drug-likeness (QED) is 0.351. The van der Waals surface area contributed by atoms with Crippen molar-refractivity contribution in [1.82, 2.24) is 14.7 Å². The van der Waals surface area contributed by atoms with Crippen LogP contribution in [0.25, 0.3) is 0 Å². The smallest absolute Gasteiger partial charge is 0.320 e. The third-order valence-electron chi connectivity index (χ3n) is 4.00. The molecule has 0 saturated carbocycles. The van der Waals surface area contributed by atoms with Gasteiger partial charge in [0.05, 0.1) is 6.54 Å². The minimum Gasteiger partial charge on any atom is -0.480 e. The molecule has 0 amide bonds. The summed E-state index contributed by atoms with van der Waals surface area (Å²) in [6.07, 6.45) is 2.15. The molecule has 0 aliphatic rings. The zero-order valence-electron chi connectivity index (χ0n) is 15.3. The summed E-state index contributed by atoms with van der Waals surface area (Å²) < 4.78 is 0. The number of unbranched alkanes of at least 4 members (excludes halogenated alkanes) is 1. The number of carbonyl (C=O) groups is 2. The van der Waals surface area contributed by atoms with Crippen LogP contribution in [0.3, 0.4) is 0 Å². The van der Waals surface area contributed by atoms with Crippen molar-refractivity contribution >= 4 is 11.9 Å². The van der Waals surface area contributed by atoms with Gasteiger partial charge in [0.15, 0.2) is 0 Å². The lowest BCUT2D eigenvalue weighted by molar-refractivity contribution is -0.144. The molecule has 0 aromatic carbocycles. The maximum atomic E-state index is 11.7. The van der Waals surface area contributed by atoms with Crippen LogP contribution < -0.4 is 5.73 Å². The number of hydrogen-bond acceptors (Lipinski definition) is 6. The average Bonchev–Trinajstić information content (AvgIpc) is 2.50. The van der Waals surface area contributed by atoms with E-state index in [0.29, 0.717) is 39.1 Å². The molecule has 0 spiro atoms. The van der Waals surface area contributed by atoms with Gasteiger partial charge in [-0.15, -0.1) is 0 Å². The zero-order valence-corrected chi connectivity index (χ0v) is 15.3. The summed E-state index contributed by atoms with van der Waals surface area (Å²) in [5.41, 5.74) is 5.50. The van der Waals surface area contributed by atoms with Crippen LogP contribution >= 0.6 is 0 Å². The maximum absolute atomic E-state index is 11.7. The minimum atomic E-state index is -0.866. The van der Waals surface area contributed by atoms with Gasteiger partial charge in [0, 0.05) is 26.2 Å². The molecule has 8 heteroatoms. The van der Waals surface area contributed by atoms with Crippen molar-refractivity contribution in [2.75, 3.05) is 59.9 Å². The third kappa shape index (κ3) is 10.5.